The molecule has 0 saturated carbocycles. The number of carbonyl (C=O) groups is 1. The molecule has 1 rings (SSSR count). The van der Waals surface area contributed by atoms with Crippen molar-refractivity contribution >= 4 is 5.91 Å². The first-order valence-corrected chi connectivity index (χ1v) is 9.18. The lowest BCUT2D eigenvalue weighted by Gasteiger charge is -2.26. The monoisotopic (exact) mass is 332 g/mol. The van der Waals surface area contributed by atoms with Crippen molar-refractivity contribution in [3.05, 3.63) is 0 Å². The van der Waals surface area contributed by atoms with Crippen LogP contribution in [0.2, 0.25) is 0 Å². The molecule has 1 aliphatic heterocycles. The molecule has 0 aromatic carbocycles. The first-order valence-electron chi connectivity index (χ1n) is 9.18. The summed E-state index contributed by atoms with van der Waals surface area (Å²) in [5.74, 6) is 0.892. The fraction of sp³-hybridized carbons (Fsp3) is 0.944. The maximum absolute atomic E-state index is 10.1. The third kappa shape index (κ3) is 19.3. The number of ether oxygens (including phenoxy) is 2. The Labute approximate surface area is 144 Å². The first kappa shape index (κ1) is 24.6. The van der Waals surface area contributed by atoms with Crippen LogP contribution in [0.3, 0.4) is 0 Å². The molecule has 1 aliphatic rings. The van der Waals surface area contributed by atoms with E-state index in [2.05, 4.69) is 24.1 Å². The molecule has 5 heteroatoms. The summed E-state index contributed by atoms with van der Waals surface area (Å²) in [5, 5.41) is 2.48. The fourth-order valence-corrected chi connectivity index (χ4v) is 1.89. The number of amides is 1. The van der Waals surface area contributed by atoms with Crippen molar-refractivity contribution in [1.82, 2.24) is 10.2 Å². The smallest absolute Gasteiger partial charge is 0.219 e. The molecular weight excluding hydrogens is 292 g/mol. The van der Waals surface area contributed by atoms with Crippen molar-refractivity contribution in [2.75, 3.05) is 53.1 Å². The molecule has 0 bridgehead atoms. The van der Waals surface area contributed by atoms with Crippen molar-refractivity contribution in [3.63, 3.8) is 0 Å². The van der Waals surface area contributed by atoms with E-state index in [1.807, 2.05) is 20.8 Å². The number of nitrogens with zero attached hydrogens (tertiary/aromatic N) is 1. The van der Waals surface area contributed by atoms with Crippen molar-refractivity contribution in [3.8, 4) is 0 Å². The molecule has 0 atom stereocenters. The maximum atomic E-state index is 10.1. The zero-order chi connectivity index (χ0) is 17.9. The Kier molecular flexibility index (Phi) is 20.7. The van der Waals surface area contributed by atoms with E-state index in [9.17, 15) is 4.79 Å². The van der Waals surface area contributed by atoms with Crippen LogP contribution in [0, 0.1) is 5.92 Å². The van der Waals surface area contributed by atoms with Gasteiger partial charge in [-0.05, 0) is 18.8 Å². The molecule has 0 spiro atoms. The quantitative estimate of drug-likeness (QED) is 0.694. The summed E-state index contributed by atoms with van der Waals surface area (Å²) in [5.41, 5.74) is 0. The van der Waals surface area contributed by atoms with Gasteiger partial charge in [0.25, 0.3) is 0 Å². The fourth-order valence-electron chi connectivity index (χ4n) is 1.89. The van der Waals surface area contributed by atoms with Crippen LogP contribution < -0.4 is 5.32 Å². The second-order valence-corrected chi connectivity index (χ2v) is 5.63. The number of hydrogen-bond acceptors (Lipinski definition) is 4. The molecule has 23 heavy (non-hydrogen) atoms. The van der Waals surface area contributed by atoms with Crippen LogP contribution in [0.5, 0.6) is 0 Å². The van der Waals surface area contributed by atoms with Gasteiger partial charge in [-0.2, -0.15) is 0 Å². The Balaban J connectivity index is 0. The largest absolute Gasteiger partial charge is 0.380 e. The highest BCUT2D eigenvalue weighted by Crippen LogP contribution is 2.03. The van der Waals surface area contributed by atoms with Gasteiger partial charge in [-0.25, -0.2) is 0 Å². The van der Waals surface area contributed by atoms with Gasteiger partial charge in [-0.1, -0.05) is 34.6 Å². The van der Waals surface area contributed by atoms with Gasteiger partial charge in [0.2, 0.25) is 5.91 Å². The van der Waals surface area contributed by atoms with E-state index < -0.39 is 0 Å². The highest BCUT2D eigenvalue weighted by molar-refractivity contribution is 5.74. The first-order chi connectivity index (χ1) is 11.1. The lowest BCUT2D eigenvalue weighted by atomic mass is 10.1. The molecule has 1 amide bonds. The maximum Gasteiger partial charge on any atom is 0.219 e. The standard InChI is InChI=1S/C12H25NO2.C4H9NO.C2H6/c1-12(2)4-3-8-14-9-5-13-6-10-15-11-7-13;1-3-4(6)5-2;1-2/h12H,3-11H2,1-2H3;3H2,1-2H3,(H,5,6);1-2H3. The topological polar surface area (TPSA) is 50.8 Å². The molecule has 1 saturated heterocycles. The van der Waals surface area contributed by atoms with E-state index in [0.717, 1.165) is 52.0 Å². The summed E-state index contributed by atoms with van der Waals surface area (Å²) in [6, 6.07) is 0. The normalized spacial score (nSPS) is 14.4. The predicted molar refractivity (Wildman–Crippen MR) is 97.9 cm³/mol. The minimum atomic E-state index is 0.0926. The van der Waals surface area contributed by atoms with Crippen LogP contribution in [-0.4, -0.2) is 63.9 Å². The molecule has 1 heterocycles. The van der Waals surface area contributed by atoms with E-state index >= 15 is 0 Å². The van der Waals surface area contributed by atoms with E-state index in [-0.39, 0.29) is 5.91 Å². The average molecular weight is 333 g/mol. The van der Waals surface area contributed by atoms with Gasteiger partial charge in [0.1, 0.15) is 0 Å². The number of carbonyl (C=O) groups excluding carboxylic acids is 1. The number of hydrogen-bond donors (Lipinski definition) is 1. The van der Waals surface area contributed by atoms with Crippen molar-refractivity contribution in [2.24, 2.45) is 5.92 Å². The summed E-state index contributed by atoms with van der Waals surface area (Å²) in [6.07, 6.45) is 3.05. The number of morpholine rings is 1. The molecule has 0 unspecified atom stereocenters. The molecule has 1 fully saturated rings. The van der Waals surface area contributed by atoms with Crippen LogP contribution in [0.4, 0.5) is 0 Å². The Morgan fingerprint density at radius 3 is 2.26 bits per heavy atom. The van der Waals surface area contributed by atoms with E-state index in [0.29, 0.717) is 6.42 Å². The van der Waals surface area contributed by atoms with Gasteiger partial charge in [0.05, 0.1) is 19.8 Å². The third-order valence-electron chi connectivity index (χ3n) is 3.33. The molecule has 1 N–H and O–H groups in total. The highest BCUT2D eigenvalue weighted by Gasteiger charge is 2.08. The molecule has 0 radical (unpaired) electrons. The van der Waals surface area contributed by atoms with Gasteiger partial charge in [-0.3, -0.25) is 9.69 Å². The minimum Gasteiger partial charge on any atom is -0.380 e. The Morgan fingerprint density at radius 1 is 1.22 bits per heavy atom. The SMILES string of the molecule is CC.CC(C)CCCOCCN1CCOCC1.CCC(=O)NC. The summed E-state index contributed by atoms with van der Waals surface area (Å²) >= 11 is 0. The molecule has 140 valence electrons. The molecule has 0 aliphatic carbocycles. The Hall–Kier alpha value is -0.650. The van der Waals surface area contributed by atoms with Crippen LogP contribution in [-0.2, 0) is 14.3 Å². The van der Waals surface area contributed by atoms with Gasteiger partial charge in [0, 0.05) is 39.7 Å². The van der Waals surface area contributed by atoms with Crippen LogP contribution >= 0.6 is 0 Å². The predicted octanol–water partition coefficient (Wildman–Crippen LogP) is 2.94. The molecule has 0 aromatic rings. The van der Waals surface area contributed by atoms with Crippen LogP contribution in [0.1, 0.15) is 53.9 Å². The third-order valence-corrected chi connectivity index (χ3v) is 3.33. The van der Waals surface area contributed by atoms with Gasteiger partial charge < -0.3 is 14.8 Å². The van der Waals surface area contributed by atoms with Crippen molar-refractivity contribution in [2.45, 2.75) is 53.9 Å². The zero-order valence-electron chi connectivity index (χ0n) is 16.3. The zero-order valence-corrected chi connectivity index (χ0v) is 16.3. The Bertz CT molecular complexity index is 236. The summed E-state index contributed by atoms with van der Waals surface area (Å²) in [6.45, 7) is 17.1. The van der Waals surface area contributed by atoms with Crippen LogP contribution in [0.15, 0.2) is 0 Å². The van der Waals surface area contributed by atoms with Crippen molar-refractivity contribution in [1.29, 1.82) is 0 Å². The summed E-state index contributed by atoms with van der Waals surface area (Å²) < 4.78 is 10.9. The second kappa shape index (κ2) is 19.4. The van der Waals surface area contributed by atoms with E-state index in [4.69, 9.17) is 9.47 Å². The highest BCUT2D eigenvalue weighted by atomic mass is 16.5. The number of rotatable bonds is 8. The van der Waals surface area contributed by atoms with Gasteiger partial charge in [0.15, 0.2) is 0 Å². The second-order valence-electron chi connectivity index (χ2n) is 5.63. The lowest BCUT2D eigenvalue weighted by molar-refractivity contribution is -0.120. The summed E-state index contributed by atoms with van der Waals surface area (Å²) in [4.78, 5) is 12.5. The Morgan fingerprint density at radius 2 is 1.83 bits per heavy atom. The minimum absolute atomic E-state index is 0.0926. The molecule has 5 nitrogen and oxygen atoms in total. The lowest BCUT2D eigenvalue weighted by Crippen LogP contribution is -2.38. The number of nitrogens with one attached hydrogen (secondary N) is 1. The van der Waals surface area contributed by atoms with Gasteiger partial charge >= 0.3 is 0 Å². The molecular formula is C18H40N2O3. The average Bonchev–Trinajstić information content (AvgIpc) is 2.60. The van der Waals surface area contributed by atoms with E-state index in [1.165, 1.54) is 12.8 Å². The van der Waals surface area contributed by atoms with E-state index in [1.54, 1.807) is 7.05 Å². The van der Waals surface area contributed by atoms with Gasteiger partial charge in [-0.15, -0.1) is 0 Å². The summed E-state index contributed by atoms with van der Waals surface area (Å²) in [7, 11) is 1.63. The van der Waals surface area contributed by atoms with Crippen LogP contribution in [0.25, 0.3) is 0 Å². The van der Waals surface area contributed by atoms with Crippen molar-refractivity contribution < 1.29 is 14.3 Å². The molecule has 0 aromatic heterocycles.